The summed E-state index contributed by atoms with van der Waals surface area (Å²) in [5, 5.41) is 3.51. The van der Waals surface area contributed by atoms with E-state index in [9.17, 15) is 4.79 Å². The number of anilines is 1. The molecule has 1 aromatic carbocycles. The molecule has 7 heteroatoms. The van der Waals surface area contributed by atoms with Crippen molar-refractivity contribution >= 4 is 17.6 Å². The predicted molar refractivity (Wildman–Crippen MR) is 126 cm³/mol. The van der Waals surface area contributed by atoms with Gasteiger partial charge in [0.25, 0.3) is 0 Å². The van der Waals surface area contributed by atoms with Crippen molar-refractivity contribution in [3.63, 3.8) is 0 Å². The maximum Gasteiger partial charge on any atom is 0.236 e. The smallest absolute Gasteiger partial charge is 0.236 e. The van der Waals surface area contributed by atoms with E-state index < -0.39 is 0 Å². The van der Waals surface area contributed by atoms with E-state index in [0.29, 0.717) is 12.5 Å². The Morgan fingerprint density at radius 3 is 2.23 bits per heavy atom. The molecule has 0 spiro atoms. The van der Waals surface area contributed by atoms with Crippen LogP contribution in [0.4, 0.5) is 5.69 Å². The number of piperidine rings is 1. The summed E-state index contributed by atoms with van der Waals surface area (Å²) in [5.74, 6) is 1.23. The first-order valence-corrected chi connectivity index (χ1v) is 11.7. The average molecular weight is 425 g/mol. The van der Waals surface area contributed by atoms with Gasteiger partial charge in [0.15, 0.2) is 5.96 Å². The van der Waals surface area contributed by atoms with Gasteiger partial charge in [-0.15, -0.1) is 0 Å². The van der Waals surface area contributed by atoms with Crippen LogP contribution in [-0.2, 0) is 11.3 Å². The number of nitrogens with one attached hydrogen (secondary N) is 1. The molecular weight excluding hydrogens is 388 g/mol. The molecule has 168 valence electrons. The van der Waals surface area contributed by atoms with Gasteiger partial charge in [-0.05, 0) is 37.0 Å². The zero-order valence-corrected chi connectivity index (χ0v) is 18.8. The van der Waals surface area contributed by atoms with Gasteiger partial charge in [0.1, 0.15) is 0 Å². The van der Waals surface area contributed by atoms with E-state index in [-0.39, 0.29) is 0 Å². The fourth-order valence-corrected chi connectivity index (χ4v) is 4.58. The summed E-state index contributed by atoms with van der Waals surface area (Å²) < 4.78 is 0. The largest absolute Gasteiger partial charge is 0.364 e. The van der Waals surface area contributed by atoms with Crippen LogP contribution >= 0.6 is 0 Å². The Kier molecular flexibility index (Phi) is 7.46. The van der Waals surface area contributed by atoms with Gasteiger partial charge in [-0.1, -0.05) is 24.3 Å². The molecule has 3 heterocycles. The first-order chi connectivity index (χ1) is 15.2. The first-order valence-electron chi connectivity index (χ1n) is 11.7. The maximum atomic E-state index is 12.5. The van der Waals surface area contributed by atoms with Crippen molar-refractivity contribution in [3.05, 3.63) is 42.0 Å². The molecule has 0 aliphatic carbocycles. The number of hydrogen-bond donors (Lipinski definition) is 1. The second kappa shape index (κ2) is 10.7. The summed E-state index contributed by atoms with van der Waals surface area (Å²) in [6.45, 7) is 8.78. The number of guanidine groups is 1. The fourth-order valence-electron chi connectivity index (χ4n) is 4.58. The summed E-state index contributed by atoms with van der Waals surface area (Å²) >= 11 is 0. The van der Waals surface area contributed by atoms with Gasteiger partial charge in [0.2, 0.25) is 5.91 Å². The monoisotopic (exact) mass is 424 g/mol. The lowest BCUT2D eigenvalue weighted by atomic mass is 10.1. The summed E-state index contributed by atoms with van der Waals surface area (Å²) in [5.41, 5.74) is 2.52. The number of benzene rings is 1. The molecule has 0 bridgehead atoms. The first kappa shape index (κ1) is 21.7. The molecule has 0 atom stereocenters. The molecular formula is C24H36N6O. The SMILES string of the molecule is CN=C(NCc1ccc(N2CC=CC2)cc1)N1CCN(CC(=O)N2CCCCC2)CC1. The van der Waals surface area contributed by atoms with Gasteiger partial charge in [0.05, 0.1) is 6.54 Å². The van der Waals surface area contributed by atoms with Crippen molar-refractivity contribution in [2.75, 3.05) is 70.9 Å². The normalized spacial score (nSPS) is 20.4. The highest BCUT2D eigenvalue weighted by Crippen LogP contribution is 2.17. The number of likely N-dealkylation sites (tertiary alicyclic amines) is 1. The molecule has 0 radical (unpaired) electrons. The minimum absolute atomic E-state index is 0.295. The van der Waals surface area contributed by atoms with Gasteiger partial charge in [-0.3, -0.25) is 14.7 Å². The van der Waals surface area contributed by atoms with E-state index in [2.05, 4.69) is 61.4 Å². The fraction of sp³-hybridized carbons (Fsp3) is 0.583. The molecule has 0 unspecified atom stereocenters. The van der Waals surface area contributed by atoms with Crippen LogP contribution in [0.5, 0.6) is 0 Å². The zero-order chi connectivity index (χ0) is 21.5. The van der Waals surface area contributed by atoms with E-state index in [4.69, 9.17) is 0 Å². The van der Waals surface area contributed by atoms with Crippen LogP contribution in [0.25, 0.3) is 0 Å². The Morgan fingerprint density at radius 2 is 1.58 bits per heavy atom. The summed E-state index contributed by atoms with van der Waals surface area (Å²) in [6, 6.07) is 8.78. The third-order valence-corrected chi connectivity index (χ3v) is 6.52. The molecule has 1 aromatic rings. The Labute approximate surface area is 186 Å². The average Bonchev–Trinajstić information content (AvgIpc) is 3.36. The number of nitrogens with zero attached hydrogens (tertiary/aromatic N) is 5. The van der Waals surface area contributed by atoms with Crippen LogP contribution < -0.4 is 10.2 Å². The van der Waals surface area contributed by atoms with Gasteiger partial charge in [0, 0.05) is 71.6 Å². The predicted octanol–water partition coefficient (Wildman–Crippen LogP) is 1.77. The van der Waals surface area contributed by atoms with Crippen molar-refractivity contribution in [1.82, 2.24) is 20.0 Å². The molecule has 1 amide bonds. The third-order valence-electron chi connectivity index (χ3n) is 6.52. The molecule has 31 heavy (non-hydrogen) atoms. The summed E-state index contributed by atoms with van der Waals surface area (Å²) in [6.07, 6.45) is 7.99. The standard InChI is InChI=1S/C24H36N6O/c1-25-24(26-19-21-7-9-22(10-8-21)28-11-5-6-12-28)30-17-15-27(16-18-30)20-23(31)29-13-3-2-4-14-29/h5-10H,2-4,11-20H2,1H3,(H,25,26). The minimum Gasteiger partial charge on any atom is -0.364 e. The Balaban J connectivity index is 1.20. The number of hydrogen-bond acceptors (Lipinski definition) is 4. The molecule has 3 aliphatic heterocycles. The molecule has 7 nitrogen and oxygen atoms in total. The lowest BCUT2D eigenvalue weighted by Gasteiger charge is -2.37. The Hall–Kier alpha value is -2.54. The van der Waals surface area contributed by atoms with Crippen LogP contribution in [-0.4, -0.2) is 92.5 Å². The molecule has 3 aliphatic rings. The Morgan fingerprint density at radius 1 is 0.903 bits per heavy atom. The minimum atomic E-state index is 0.295. The second-order valence-electron chi connectivity index (χ2n) is 8.65. The molecule has 4 rings (SSSR count). The van der Waals surface area contributed by atoms with Gasteiger partial charge in [-0.2, -0.15) is 0 Å². The van der Waals surface area contributed by atoms with E-state index in [1.807, 2.05) is 11.9 Å². The summed E-state index contributed by atoms with van der Waals surface area (Å²) in [4.78, 5) is 26.0. The molecule has 2 fully saturated rings. The van der Waals surface area contributed by atoms with Crippen LogP contribution in [0.2, 0.25) is 0 Å². The summed E-state index contributed by atoms with van der Waals surface area (Å²) in [7, 11) is 1.85. The lowest BCUT2D eigenvalue weighted by Crippen LogP contribution is -2.54. The van der Waals surface area contributed by atoms with Crippen LogP contribution in [0.15, 0.2) is 41.4 Å². The highest BCUT2D eigenvalue weighted by atomic mass is 16.2. The zero-order valence-electron chi connectivity index (χ0n) is 18.8. The van der Waals surface area contributed by atoms with E-state index >= 15 is 0 Å². The van der Waals surface area contributed by atoms with Crippen molar-refractivity contribution < 1.29 is 4.79 Å². The number of amides is 1. The Bertz CT molecular complexity index is 768. The van der Waals surface area contributed by atoms with Gasteiger partial charge in [-0.25, -0.2) is 0 Å². The van der Waals surface area contributed by atoms with Gasteiger partial charge >= 0.3 is 0 Å². The van der Waals surface area contributed by atoms with Crippen molar-refractivity contribution in [2.45, 2.75) is 25.8 Å². The topological polar surface area (TPSA) is 54.4 Å². The van der Waals surface area contributed by atoms with Crippen LogP contribution in [0, 0.1) is 0 Å². The number of aliphatic imine (C=N–C) groups is 1. The molecule has 1 N–H and O–H groups in total. The van der Waals surface area contributed by atoms with Crippen molar-refractivity contribution in [1.29, 1.82) is 0 Å². The number of carbonyl (C=O) groups excluding carboxylic acids is 1. The van der Waals surface area contributed by atoms with Crippen LogP contribution in [0.3, 0.4) is 0 Å². The van der Waals surface area contributed by atoms with Crippen LogP contribution in [0.1, 0.15) is 24.8 Å². The highest BCUT2D eigenvalue weighted by molar-refractivity contribution is 5.80. The molecule has 0 saturated carbocycles. The van der Waals surface area contributed by atoms with Crippen molar-refractivity contribution in [3.8, 4) is 0 Å². The maximum absolute atomic E-state index is 12.5. The quantitative estimate of drug-likeness (QED) is 0.444. The van der Waals surface area contributed by atoms with E-state index in [1.54, 1.807) is 0 Å². The highest BCUT2D eigenvalue weighted by Gasteiger charge is 2.24. The third kappa shape index (κ3) is 5.79. The van der Waals surface area contributed by atoms with Crippen molar-refractivity contribution in [2.24, 2.45) is 4.99 Å². The number of piperazine rings is 1. The van der Waals surface area contributed by atoms with E-state index in [1.165, 1.54) is 17.7 Å². The number of carbonyl (C=O) groups is 1. The lowest BCUT2D eigenvalue weighted by molar-refractivity contribution is -0.133. The van der Waals surface area contributed by atoms with E-state index in [0.717, 1.165) is 77.7 Å². The molecule has 2 saturated heterocycles. The van der Waals surface area contributed by atoms with Gasteiger partial charge < -0.3 is 20.0 Å². The number of rotatable bonds is 5. The molecule has 0 aromatic heterocycles. The second-order valence-corrected chi connectivity index (χ2v) is 8.65.